The van der Waals surface area contributed by atoms with Gasteiger partial charge in [-0.2, -0.15) is 0 Å². The van der Waals surface area contributed by atoms with E-state index in [0.717, 1.165) is 22.9 Å². The number of carbonyl (C=O) groups is 2. The molecule has 0 fully saturated rings. The molecule has 0 N–H and O–H groups in total. The Balaban J connectivity index is 3.46. The number of hydrogen-bond donors (Lipinski definition) is 0. The lowest BCUT2D eigenvalue weighted by atomic mass is 9.93. The summed E-state index contributed by atoms with van der Waals surface area (Å²) >= 11 is 0.962. The van der Waals surface area contributed by atoms with E-state index in [1.165, 1.54) is 0 Å². The largest absolute Gasteiger partial charge is 0.462 e. The number of thioether (sulfide) groups is 1. The maximum atomic E-state index is 12.4. The van der Waals surface area contributed by atoms with Crippen molar-refractivity contribution in [1.29, 1.82) is 0 Å². The average molecular weight is 338 g/mol. The Labute approximate surface area is 142 Å². The Kier molecular flexibility index (Phi) is 7.62. The van der Waals surface area contributed by atoms with Gasteiger partial charge in [-0.15, -0.1) is 0 Å². The van der Waals surface area contributed by atoms with Crippen LogP contribution in [0.1, 0.15) is 74.9 Å². The first-order valence-corrected chi connectivity index (χ1v) is 8.82. The molecule has 1 aromatic rings. The molecule has 0 atom stereocenters. The molecule has 0 aliphatic rings. The second-order valence-corrected chi connectivity index (χ2v) is 6.75. The van der Waals surface area contributed by atoms with Crippen LogP contribution < -0.4 is 0 Å². The molecule has 0 bridgehead atoms. The summed E-state index contributed by atoms with van der Waals surface area (Å²) in [5, 5.41) is -0.405. The van der Waals surface area contributed by atoms with Gasteiger partial charge < -0.3 is 9.47 Å². The van der Waals surface area contributed by atoms with Gasteiger partial charge in [0.2, 0.25) is 0 Å². The molecule has 0 aliphatic carbocycles. The van der Waals surface area contributed by atoms with Crippen molar-refractivity contribution in [2.24, 2.45) is 0 Å². The Morgan fingerprint density at radius 1 is 1.00 bits per heavy atom. The second kappa shape index (κ2) is 8.96. The fourth-order valence-electron chi connectivity index (χ4n) is 2.14. The van der Waals surface area contributed by atoms with Crippen LogP contribution in [0.25, 0.3) is 0 Å². The van der Waals surface area contributed by atoms with Crippen LogP contribution in [0.15, 0.2) is 17.0 Å². The molecule has 1 rings (SSSR count). The maximum Gasteiger partial charge on any atom is 0.372 e. The lowest BCUT2D eigenvalue weighted by Crippen LogP contribution is -2.11. The van der Waals surface area contributed by atoms with E-state index >= 15 is 0 Å². The zero-order valence-electron chi connectivity index (χ0n) is 14.8. The van der Waals surface area contributed by atoms with Crippen LogP contribution in [0.4, 0.5) is 4.79 Å². The molecule has 128 valence electrons. The quantitative estimate of drug-likeness (QED) is 0.516. The van der Waals surface area contributed by atoms with E-state index in [1.54, 1.807) is 13.8 Å². The number of hydrogen-bond acceptors (Lipinski definition) is 5. The molecule has 23 heavy (non-hydrogen) atoms. The van der Waals surface area contributed by atoms with E-state index in [4.69, 9.17) is 9.47 Å². The highest BCUT2D eigenvalue weighted by Gasteiger charge is 2.23. The highest BCUT2D eigenvalue weighted by molar-refractivity contribution is 8.13. The summed E-state index contributed by atoms with van der Waals surface area (Å²) < 4.78 is 10.2. The van der Waals surface area contributed by atoms with Crippen LogP contribution in [0.2, 0.25) is 0 Å². The molecule has 1 aromatic carbocycles. The summed E-state index contributed by atoms with van der Waals surface area (Å²) in [6, 6.07) is 3.90. The third kappa shape index (κ3) is 5.27. The van der Waals surface area contributed by atoms with Gasteiger partial charge in [-0.1, -0.05) is 33.8 Å². The summed E-state index contributed by atoms with van der Waals surface area (Å²) in [6.07, 6.45) is 0. The Morgan fingerprint density at radius 3 is 2.09 bits per heavy atom. The van der Waals surface area contributed by atoms with Crippen LogP contribution >= 0.6 is 11.8 Å². The van der Waals surface area contributed by atoms with Crippen LogP contribution in [0, 0.1) is 0 Å². The van der Waals surface area contributed by atoms with E-state index < -0.39 is 11.3 Å². The van der Waals surface area contributed by atoms with Crippen molar-refractivity contribution in [3.8, 4) is 0 Å². The van der Waals surface area contributed by atoms with Gasteiger partial charge in [0.25, 0.3) is 0 Å². The minimum Gasteiger partial charge on any atom is -0.462 e. The molecule has 0 spiro atoms. The standard InChI is InChI=1S/C18H26O4S/c1-7-21-17(19)15-10-13(11(3)4)9-14(12(5)6)16(15)23-18(20)22-8-2/h9-12H,7-8H2,1-6H3. The van der Waals surface area contributed by atoms with Gasteiger partial charge >= 0.3 is 11.3 Å². The molecular weight excluding hydrogens is 312 g/mol. The molecule has 0 saturated carbocycles. The monoisotopic (exact) mass is 338 g/mol. The number of esters is 1. The maximum absolute atomic E-state index is 12.4. The number of carbonyl (C=O) groups excluding carboxylic acids is 2. The normalized spacial score (nSPS) is 11.0. The van der Waals surface area contributed by atoms with Crippen LogP contribution in [-0.4, -0.2) is 24.5 Å². The van der Waals surface area contributed by atoms with Gasteiger partial charge in [-0.25, -0.2) is 9.59 Å². The predicted octanol–water partition coefficient (Wildman–Crippen LogP) is 5.36. The molecule has 0 unspecified atom stereocenters. The fourth-order valence-corrected chi connectivity index (χ4v) is 3.15. The van der Waals surface area contributed by atoms with E-state index in [0.29, 0.717) is 23.7 Å². The van der Waals surface area contributed by atoms with Crippen molar-refractivity contribution in [2.45, 2.75) is 58.3 Å². The van der Waals surface area contributed by atoms with Crippen molar-refractivity contribution < 1.29 is 19.1 Å². The SMILES string of the molecule is CCOC(=O)Sc1c(C(=O)OCC)cc(C(C)C)cc1C(C)C. The van der Waals surface area contributed by atoms with E-state index in [1.807, 2.05) is 19.9 Å². The van der Waals surface area contributed by atoms with Gasteiger partial charge in [-0.3, -0.25) is 0 Å². The highest BCUT2D eigenvalue weighted by Crippen LogP contribution is 2.36. The zero-order chi connectivity index (χ0) is 17.6. The first kappa shape index (κ1) is 19.6. The Bertz CT molecular complexity index is 564. The molecule has 0 aliphatic heterocycles. The van der Waals surface area contributed by atoms with Gasteiger partial charge in [0, 0.05) is 4.90 Å². The van der Waals surface area contributed by atoms with Crippen LogP contribution in [-0.2, 0) is 9.47 Å². The van der Waals surface area contributed by atoms with Crippen LogP contribution in [0.3, 0.4) is 0 Å². The molecule has 0 heterocycles. The van der Waals surface area contributed by atoms with E-state index in [2.05, 4.69) is 19.9 Å². The number of ether oxygens (including phenoxy) is 2. The first-order chi connectivity index (χ1) is 10.8. The molecule has 0 saturated heterocycles. The average Bonchev–Trinajstić information content (AvgIpc) is 2.47. The minimum absolute atomic E-state index is 0.179. The van der Waals surface area contributed by atoms with Crippen molar-refractivity contribution in [3.63, 3.8) is 0 Å². The second-order valence-electron chi connectivity index (χ2n) is 5.80. The Morgan fingerprint density at radius 2 is 1.61 bits per heavy atom. The summed E-state index contributed by atoms with van der Waals surface area (Å²) in [5.41, 5.74) is 2.47. The van der Waals surface area contributed by atoms with Crippen molar-refractivity contribution in [1.82, 2.24) is 0 Å². The summed E-state index contributed by atoms with van der Waals surface area (Å²) in [5.74, 6) is 0.0600. The van der Waals surface area contributed by atoms with Gasteiger partial charge in [0.15, 0.2) is 0 Å². The summed E-state index contributed by atoms with van der Waals surface area (Å²) in [4.78, 5) is 24.9. The molecule has 0 aromatic heterocycles. The third-order valence-electron chi connectivity index (χ3n) is 3.37. The lowest BCUT2D eigenvalue weighted by Gasteiger charge is -2.19. The zero-order valence-corrected chi connectivity index (χ0v) is 15.6. The van der Waals surface area contributed by atoms with Gasteiger partial charge in [0.1, 0.15) is 0 Å². The summed E-state index contributed by atoms with van der Waals surface area (Å²) in [7, 11) is 0. The van der Waals surface area contributed by atoms with Crippen molar-refractivity contribution >= 4 is 23.0 Å². The Hall–Kier alpha value is -1.49. The molecule has 0 radical (unpaired) electrons. The van der Waals surface area contributed by atoms with E-state index in [-0.39, 0.29) is 11.8 Å². The van der Waals surface area contributed by atoms with Crippen molar-refractivity contribution in [3.05, 3.63) is 28.8 Å². The van der Waals surface area contributed by atoms with E-state index in [9.17, 15) is 9.59 Å². The highest BCUT2D eigenvalue weighted by atomic mass is 32.2. The minimum atomic E-state index is -0.405. The fraction of sp³-hybridized carbons (Fsp3) is 0.556. The smallest absolute Gasteiger partial charge is 0.372 e. The van der Waals surface area contributed by atoms with Gasteiger partial charge in [-0.05, 0) is 54.6 Å². The first-order valence-electron chi connectivity index (χ1n) is 8.01. The predicted molar refractivity (Wildman–Crippen MR) is 93.5 cm³/mol. The molecule has 5 heteroatoms. The number of benzene rings is 1. The lowest BCUT2D eigenvalue weighted by molar-refractivity contribution is 0.0522. The summed E-state index contributed by atoms with van der Waals surface area (Å²) in [6.45, 7) is 12.4. The molecule has 0 amide bonds. The van der Waals surface area contributed by atoms with Gasteiger partial charge in [0.05, 0.1) is 18.8 Å². The molecular formula is C18H26O4S. The third-order valence-corrected chi connectivity index (χ3v) is 4.32. The topological polar surface area (TPSA) is 52.6 Å². The van der Waals surface area contributed by atoms with Crippen LogP contribution in [0.5, 0.6) is 0 Å². The number of rotatable bonds is 6. The van der Waals surface area contributed by atoms with Crippen molar-refractivity contribution in [2.75, 3.05) is 13.2 Å². The molecule has 4 nitrogen and oxygen atoms in total.